The van der Waals surface area contributed by atoms with E-state index in [4.69, 9.17) is 4.79 Å². The molecule has 0 aliphatic carbocycles. The highest BCUT2D eigenvalue weighted by Gasteiger charge is 1.79. The van der Waals surface area contributed by atoms with Crippen molar-refractivity contribution < 1.29 is 9.59 Å². The molecule has 1 rings (SSSR count). The molecule has 0 saturated heterocycles. The number of para-hydroxylation sites is 1. The monoisotopic (exact) mass is 179 g/mol. The number of hydrogen-bond acceptors (Lipinski definition) is 3. The van der Waals surface area contributed by atoms with E-state index in [1.807, 2.05) is 18.2 Å². The van der Waals surface area contributed by atoms with E-state index >= 15 is 0 Å². The fourth-order valence-corrected chi connectivity index (χ4v) is 0.555. The maximum absolute atomic E-state index is 9.68. The van der Waals surface area contributed by atoms with Gasteiger partial charge in [-0.1, -0.05) is 18.2 Å². The number of urea groups is 1. The average Bonchev–Trinajstić information content (AvgIpc) is 2.06. The second-order valence-electron chi connectivity index (χ2n) is 1.94. The van der Waals surface area contributed by atoms with Crippen molar-refractivity contribution >= 4 is 17.8 Å². The van der Waals surface area contributed by atoms with E-state index in [9.17, 15) is 4.79 Å². The van der Waals surface area contributed by atoms with E-state index in [2.05, 4.69) is 16.5 Å². The molecule has 5 nitrogen and oxygen atoms in total. The lowest BCUT2D eigenvalue weighted by Gasteiger charge is -1.83. The van der Waals surface area contributed by atoms with Crippen molar-refractivity contribution in [2.24, 2.45) is 16.5 Å². The average molecular weight is 179 g/mol. The predicted molar refractivity (Wildman–Crippen MR) is 48.0 cm³/mol. The Morgan fingerprint density at radius 3 is 2.08 bits per heavy atom. The van der Waals surface area contributed by atoms with Crippen LogP contribution in [-0.2, 0) is 4.79 Å². The van der Waals surface area contributed by atoms with Crippen LogP contribution in [0.4, 0.5) is 10.5 Å². The summed E-state index contributed by atoms with van der Waals surface area (Å²) in [4.78, 5) is 22.1. The number of carbonyl (C=O) groups is 1. The molecule has 1 aromatic rings. The molecule has 0 aliphatic heterocycles. The molecule has 0 bridgehead atoms. The summed E-state index contributed by atoms with van der Waals surface area (Å²) in [5.74, 6) is 0. The van der Waals surface area contributed by atoms with Gasteiger partial charge in [0.2, 0.25) is 6.08 Å². The highest BCUT2D eigenvalue weighted by Crippen LogP contribution is 2.06. The Balaban J connectivity index is 0.000000310. The maximum atomic E-state index is 9.68. The summed E-state index contributed by atoms with van der Waals surface area (Å²) in [5.41, 5.74) is 9.15. The molecule has 2 amide bonds. The van der Waals surface area contributed by atoms with Crippen LogP contribution in [0, 0.1) is 0 Å². The number of carbonyl (C=O) groups excluding carboxylic acids is 2. The molecule has 0 fully saturated rings. The Morgan fingerprint density at radius 1 is 1.23 bits per heavy atom. The molecular weight excluding hydrogens is 170 g/mol. The maximum Gasteiger partial charge on any atom is 0.309 e. The lowest BCUT2D eigenvalue weighted by atomic mass is 10.3. The molecule has 4 N–H and O–H groups in total. The molecular formula is C8H9N3O2. The van der Waals surface area contributed by atoms with E-state index in [0.29, 0.717) is 5.69 Å². The molecule has 0 spiro atoms. The number of rotatable bonds is 1. The highest BCUT2D eigenvalue weighted by atomic mass is 16.2. The first-order valence-corrected chi connectivity index (χ1v) is 3.34. The van der Waals surface area contributed by atoms with Gasteiger partial charge in [0.1, 0.15) is 0 Å². The van der Waals surface area contributed by atoms with Gasteiger partial charge >= 0.3 is 6.03 Å². The van der Waals surface area contributed by atoms with Crippen molar-refractivity contribution in [1.82, 2.24) is 0 Å². The van der Waals surface area contributed by atoms with Crippen LogP contribution in [0.2, 0.25) is 0 Å². The summed E-state index contributed by atoms with van der Waals surface area (Å²) >= 11 is 0. The first kappa shape index (κ1) is 10.9. The van der Waals surface area contributed by atoms with Gasteiger partial charge in [-0.25, -0.2) is 9.59 Å². The fourth-order valence-electron chi connectivity index (χ4n) is 0.555. The minimum Gasteiger partial charge on any atom is -0.352 e. The molecule has 0 aromatic heterocycles. The van der Waals surface area contributed by atoms with Gasteiger partial charge in [-0.3, -0.25) is 0 Å². The number of nitrogens with two attached hydrogens (primary N) is 2. The van der Waals surface area contributed by atoms with Crippen LogP contribution >= 0.6 is 0 Å². The van der Waals surface area contributed by atoms with Gasteiger partial charge < -0.3 is 11.5 Å². The van der Waals surface area contributed by atoms with E-state index in [1.165, 1.54) is 6.08 Å². The largest absolute Gasteiger partial charge is 0.352 e. The molecule has 0 radical (unpaired) electrons. The van der Waals surface area contributed by atoms with Gasteiger partial charge in [0.05, 0.1) is 5.69 Å². The number of isocyanates is 1. The quantitative estimate of drug-likeness (QED) is 0.489. The highest BCUT2D eigenvalue weighted by molar-refractivity contribution is 5.69. The minimum atomic E-state index is -0.833. The van der Waals surface area contributed by atoms with Crippen LogP contribution in [0.3, 0.4) is 0 Å². The standard InChI is InChI=1S/C7H5NO.CH4N2O/c9-6-8-7-4-2-1-3-5-7;2-1(3)4/h1-5H;(H4,2,3,4). The van der Waals surface area contributed by atoms with Crippen LogP contribution in [0.5, 0.6) is 0 Å². The molecule has 0 saturated carbocycles. The topological polar surface area (TPSA) is 98.5 Å². The number of primary amides is 2. The van der Waals surface area contributed by atoms with Gasteiger partial charge in [-0.05, 0) is 12.1 Å². The lowest BCUT2D eigenvalue weighted by molar-refractivity contribution is 0.256. The third kappa shape index (κ3) is 7.77. The van der Waals surface area contributed by atoms with E-state index in [1.54, 1.807) is 12.1 Å². The van der Waals surface area contributed by atoms with E-state index < -0.39 is 6.03 Å². The molecule has 0 heterocycles. The van der Waals surface area contributed by atoms with Gasteiger partial charge in [-0.2, -0.15) is 4.99 Å². The van der Waals surface area contributed by atoms with Crippen molar-refractivity contribution in [2.45, 2.75) is 0 Å². The van der Waals surface area contributed by atoms with Crippen LogP contribution in [-0.4, -0.2) is 12.1 Å². The third-order valence-corrected chi connectivity index (χ3v) is 0.931. The number of aliphatic imine (C=N–C) groups is 1. The first-order chi connectivity index (χ1) is 6.16. The van der Waals surface area contributed by atoms with E-state index in [-0.39, 0.29) is 0 Å². The van der Waals surface area contributed by atoms with Crippen LogP contribution in [0.15, 0.2) is 35.3 Å². The smallest absolute Gasteiger partial charge is 0.309 e. The Labute approximate surface area is 75.1 Å². The summed E-state index contributed by atoms with van der Waals surface area (Å²) in [6, 6.07) is 8.14. The number of amides is 2. The van der Waals surface area contributed by atoms with E-state index in [0.717, 1.165) is 0 Å². The first-order valence-electron chi connectivity index (χ1n) is 3.34. The molecule has 0 atom stereocenters. The normalized spacial score (nSPS) is 7.38. The summed E-state index contributed by atoms with van der Waals surface area (Å²) in [7, 11) is 0. The number of benzene rings is 1. The SMILES string of the molecule is NC(N)=O.O=C=Nc1ccccc1. The zero-order chi connectivity index (χ0) is 10.1. The summed E-state index contributed by atoms with van der Waals surface area (Å²) < 4.78 is 0. The molecule has 68 valence electrons. The molecule has 0 aliphatic rings. The van der Waals surface area contributed by atoms with Crippen LogP contribution in [0.1, 0.15) is 0 Å². The van der Waals surface area contributed by atoms with Gasteiger partial charge in [0.25, 0.3) is 0 Å². The zero-order valence-electron chi connectivity index (χ0n) is 6.81. The summed E-state index contributed by atoms with van der Waals surface area (Å²) in [5, 5.41) is 0. The predicted octanol–water partition coefficient (Wildman–Crippen LogP) is 0.678. The lowest BCUT2D eigenvalue weighted by Crippen LogP contribution is -2.18. The second kappa shape index (κ2) is 6.57. The minimum absolute atomic E-state index is 0.646. The Bertz CT molecular complexity index is 300. The number of hydrogen-bond donors (Lipinski definition) is 2. The van der Waals surface area contributed by atoms with Crippen LogP contribution < -0.4 is 11.5 Å². The van der Waals surface area contributed by atoms with Crippen molar-refractivity contribution in [2.75, 3.05) is 0 Å². The Morgan fingerprint density at radius 2 is 1.69 bits per heavy atom. The zero-order valence-corrected chi connectivity index (χ0v) is 6.81. The van der Waals surface area contributed by atoms with Crippen molar-refractivity contribution in [3.05, 3.63) is 30.3 Å². The fraction of sp³-hybridized carbons (Fsp3) is 0. The van der Waals surface area contributed by atoms with Gasteiger partial charge in [0.15, 0.2) is 0 Å². The van der Waals surface area contributed by atoms with Crippen LogP contribution in [0.25, 0.3) is 0 Å². The molecule has 0 unspecified atom stereocenters. The Kier molecular flexibility index (Phi) is 5.50. The Hall–Kier alpha value is -2.13. The van der Waals surface area contributed by atoms with Crippen molar-refractivity contribution in [1.29, 1.82) is 0 Å². The van der Waals surface area contributed by atoms with Crippen molar-refractivity contribution in [3.63, 3.8) is 0 Å². The molecule has 1 aromatic carbocycles. The van der Waals surface area contributed by atoms with Gasteiger partial charge in [-0.15, -0.1) is 0 Å². The second-order valence-corrected chi connectivity index (χ2v) is 1.94. The molecule has 13 heavy (non-hydrogen) atoms. The third-order valence-electron chi connectivity index (χ3n) is 0.931. The summed E-state index contributed by atoms with van der Waals surface area (Å²) in [6.07, 6.45) is 1.46. The van der Waals surface area contributed by atoms with Crippen molar-refractivity contribution in [3.8, 4) is 0 Å². The summed E-state index contributed by atoms with van der Waals surface area (Å²) in [6.45, 7) is 0. The van der Waals surface area contributed by atoms with Gasteiger partial charge in [0, 0.05) is 0 Å². The number of nitrogens with zero attached hydrogens (tertiary/aromatic N) is 1. The molecule has 5 heteroatoms.